The summed E-state index contributed by atoms with van der Waals surface area (Å²) < 4.78 is 10.7. The second kappa shape index (κ2) is 9.47. The zero-order valence-electron chi connectivity index (χ0n) is 14.5. The quantitative estimate of drug-likeness (QED) is 0.712. The average Bonchev–Trinajstić information content (AvgIpc) is 2.67. The first kappa shape index (κ1) is 18.5. The molecule has 0 fully saturated rings. The maximum absolute atomic E-state index is 12.1. The summed E-state index contributed by atoms with van der Waals surface area (Å²) in [6.45, 7) is 2.55. The Balaban J connectivity index is 1.87. The number of amides is 1. The summed E-state index contributed by atoms with van der Waals surface area (Å²) >= 11 is 0. The molecule has 132 valence electrons. The fraction of sp³-hybridized carbons (Fsp3) is 0.300. The van der Waals surface area contributed by atoms with Gasteiger partial charge in [0.15, 0.2) is 18.1 Å². The molecule has 0 saturated heterocycles. The van der Waals surface area contributed by atoms with Gasteiger partial charge in [-0.05, 0) is 30.2 Å². The van der Waals surface area contributed by atoms with Gasteiger partial charge >= 0.3 is 0 Å². The van der Waals surface area contributed by atoms with Crippen LogP contribution in [0.2, 0.25) is 0 Å². The summed E-state index contributed by atoms with van der Waals surface area (Å²) in [5.41, 5.74) is 1.69. The number of methoxy groups -OCH3 is 1. The van der Waals surface area contributed by atoms with Crippen molar-refractivity contribution in [3.8, 4) is 11.5 Å². The van der Waals surface area contributed by atoms with Crippen molar-refractivity contribution in [2.75, 3.05) is 20.3 Å². The molecule has 0 aliphatic carbocycles. The van der Waals surface area contributed by atoms with E-state index in [2.05, 4.69) is 24.4 Å². The number of hydrogen-bond acceptors (Lipinski definition) is 4. The third-order valence-corrected chi connectivity index (χ3v) is 3.99. The van der Waals surface area contributed by atoms with Crippen LogP contribution in [0, 0.1) is 0 Å². The van der Waals surface area contributed by atoms with E-state index in [1.165, 1.54) is 12.7 Å². The molecule has 0 radical (unpaired) electrons. The molecule has 0 aliphatic rings. The van der Waals surface area contributed by atoms with Crippen molar-refractivity contribution in [2.24, 2.45) is 0 Å². The van der Waals surface area contributed by atoms with E-state index in [1.807, 2.05) is 18.2 Å². The van der Waals surface area contributed by atoms with Crippen LogP contribution in [0.15, 0.2) is 48.5 Å². The number of benzene rings is 2. The van der Waals surface area contributed by atoms with Crippen LogP contribution in [0.4, 0.5) is 0 Å². The zero-order valence-corrected chi connectivity index (χ0v) is 14.5. The van der Waals surface area contributed by atoms with Gasteiger partial charge in [0.1, 0.15) is 6.29 Å². The third kappa shape index (κ3) is 5.35. The van der Waals surface area contributed by atoms with Gasteiger partial charge in [0, 0.05) is 18.0 Å². The van der Waals surface area contributed by atoms with Crippen LogP contribution in [0.1, 0.15) is 35.2 Å². The predicted octanol–water partition coefficient (Wildman–Crippen LogP) is 3.20. The second-order valence-corrected chi connectivity index (χ2v) is 5.64. The summed E-state index contributed by atoms with van der Waals surface area (Å²) in [6, 6.07) is 14.9. The summed E-state index contributed by atoms with van der Waals surface area (Å²) in [7, 11) is 1.49. The smallest absolute Gasteiger partial charge is 0.257 e. The van der Waals surface area contributed by atoms with Crippen molar-refractivity contribution in [3.05, 3.63) is 59.7 Å². The second-order valence-electron chi connectivity index (χ2n) is 5.64. The van der Waals surface area contributed by atoms with E-state index < -0.39 is 0 Å². The molecule has 1 atom stereocenters. The van der Waals surface area contributed by atoms with Crippen molar-refractivity contribution in [2.45, 2.75) is 19.3 Å². The Morgan fingerprint density at radius 3 is 2.56 bits per heavy atom. The topological polar surface area (TPSA) is 64.6 Å². The van der Waals surface area contributed by atoms with Crippen LogP contribution in [-0.4, -0.2) is 32.5 Å². The normalized spacial score (nSPS) is 11.4. The number of nitrogens with one attached hydrogen (secondary N) is 1. The van der Waals surface area contributed by atoms with E-state index >= 15 is 0 Å². The Hall–Kier alpha value is -2.82. The molecular weight excluding hydrogens is 318 g/mol. The lowest BCUT2D eigenvalue weighted by atomic mass is 9.96. The summed E-state index contributed by atoms with van der Waals surface area (Å²) in [5.74, 6) is 0.925. The monoisotopic (exact) mass is 341 g/mol. The van der Waals surface area contributed by atoms with E-state index in [0.717, 1.165) is 12.7 Å². The largest absolute Gasteiger partial charge is 0.493 e. The van der Waals surface area contributed by atoms with E-state index in [4.69, 9.17) is 9.47 Å². The van der Waals surface area contributed by atoms with Gasteiger partial charge in [0.2, 0.25) is 0 Å². The Bertz CT molecular complexity index is 700. The van der Waals surface area contributed by atoms with Crippen molar-refractivity contribution in [3.63, 3.8) is 0 Å². The van der Waals surface area contributed by atoms with Gasteiger partial charge < -0.3 is 14.8 Å². The molecular formula is C20H23NO4. The first-order valence-electron chi connectivity index (χ1n) is 8.25. The minimum absolute atomic E-state index is 0.109. The molecule has 2 aromatic rings. The fourth-order valence-corrected chi connectivity index (χ4v) is 2.53. The van der Waals surface area contributed by atoms with Gasteiger partial charge in [-0.1, -0.05) is 37.3 Å². The van der Waals surface area contributed by atoms with Crippen LogP contribution >= 0.6 is 0 Å². The van der Waals surface area contributed by atoms with Gasteiger partial charge in [-0.3, -0.25) is 9.59 Å². The molecule has 0 spiro atoms. The number of hydrogen-bond donors (Lipinski definition) is 1. The Kier molecular flexibility index (Phi) is 7.01. The van der Waals surface area contributed by atoms with E-state index in [9.17, 15) is 9.59 Å². The molecule has 0 bridgehead atoms. The average molecular weight is 341 g/mol. The minimum atomic E-state index is -0.198. The third-order valence-electron chi connectivity index (χ3n) is 3.99. The molecule has 5 nitrogen and oxygen atoms in total. The van der Waals surface area contributed by atoms with Crippen LogP contribution in [-0.2, 0) is 4.79 Å². The molecule has 2 aromatic carbocycles. The van der Waals surface area contributed by atoms with Gasteiger partial charge in [0.05, 0.1) is 7.11 Å². The van der Waals surface area contributed by atoms with Crippen LogP contribution in [0.5, 0.6) is 11.5 Å². The zero-order chi connectivity index (χ0) is 18.1. The van der Waals surface area contributed by atoms with Gasteiger partial charge in [-0.25, -0.2) is 0 Å². The standard InChI is InChI=1S/C20H23NO4/c1-3-16(17-7-5-4-6-8-17)12-21-20(23)14-25-18-10-9-15(13-22)11-19(18)24-2/h4-11,13,16H,3,12,14H2,1-2H3,(H,21,23). The lowest BCUT2D eigenvalue weighted by Crippen LogP contribution is -2.32. The van der Waals surface area contributed by atoms with Crippen molar-refractivity contribution in [1.29, 1.82) is 0 Å². The summed E-state index contributed by atoms with van der Waals surface area (Å²) in [5, 5.41) is 2.90. The lowest BCUT2D eigenvalue weighted by Gasteiger charge is -2.16. The lowest BCUT2D eigenvalue weighted by molar-refractivity contribution is -0.123. The first-order valence-corrected chi connectivity index (χ1v) is 8.25. The van der Waals surface area contributed by atoms with Gasteiger partial charge in [-0.2, -0.15) is 0 Å². The van der Waals surface area contributed by atoms with Crippen LogP contribution in [0.25, 0.3) is 0 Å². The number of rotatable bonds is 9. The highest BCUT2D eigenvalue weighted by Crippen LogP contribution is 2.27. The minimum Gasteiger partial charge on any atom is -0.493 e. The van der Waals surface area contributed by atoms with E-state index in [1.54, 1.807) is 18.2 Å². The molecule has 1 unspecified atom stereocenters. The Labute approximate surface area is 148 Å². The maximum atomic E-state index is 12.1. The molecule has 0 aromatic heterocycles. The van der Waals surface area contributed by atoms with Crippen molar-refractivity contribution < 1.29 is 19.1 Å². The Morgan fingerprint density at radius 2 is 1.92 bits per heavy atom. The molecule has 0 heterocycles. The predicted molar refractivity (Wildman–Crippen MR) is 96.4 cm³/mol. The highest BCUT2D eigenvalue weighted by Gasteiger charge is 2.12. The van der Waals surface area contributed by atoms with Crippen LogP contribution in [0.3, 0.4) is 0 Å². The molecule has 25 heavy (non-hydrogen) atoms. The summed E-state index contributed by atoms with van der Waals surface area (Å²) in [4.78, 5) is 22.8. The van der Waals surface area contributed by atoms with E-state index in [0.29, 0.717) is 23.6 Å². The van der Waals surface area contributed by atoms with E-state index in [-0.39, 0.29) is 18.4 Å². The number of ether oxygens (including phenoxy) is 2. The molecule has 0 aliphatic heterocycles. The summed E-state index contributed by atoms with van der Waals surface area (Å²) in [6.07, 6.45) is 1.67. The highest BCUT2D eigenvalue weighted by atomic mass is 16.5. The fourth-order valence-electron chi connectivity index (χ4n) is 2.53. The number of carbonyl (C=O) groups excluding carboxylic acids is 2. The van der Waals surface area contributed by atoms with Crippen LogP contribution < -0.4 is 14.8 Å². The van der Waals surface area contributed by atoms with Gasteiger partial charge in [0.25, 0.3) is 5.91 Å². The molecule has 5 heteroatoms. The molecule has 1 amide bonds. The molecule has 0 saturated carbocycles. The number of aldehydes is 1. The number of carbonyl (C=O) groups is 2. The SMILES string of the molecule is CCC(CNC(=O)COc1ccc(C=O)cc1OC)c1ccccc1. The highest BCUT2D eigenvalue weighted by molar-refractivity contribution is 5.78. The van der Waals surface area contributed by atoms with Gasteiger partial charge in [-0.15, -0.1) is 0 Å². The molecule has 1 N–H and O–H groups in total. The first-order chi connectivity index (χ1) is 12.2. The van der Waals surface area contributed by atoms with Crippen molar-refractivity contribution >= 4 is 12.2 Å². The Morgan fingerprint density at radius 1 is 1.16 bits per heavy atom. The van der Waals surface area contributed by atoms with Crippen molar-refractivity contribution in [1.82, 2.24) is 5.32 Å². The maximum Gasteiger partial charge on any atom is 0.257 e. The molecule has 2 rings (SSSR count).